The number of carbonyl (C=O) groups is 1. The number of hydrogen-bond donors (Lipinski definition) is 1. The number of benzene rings is 2. The van der Waals surface area contributed by atoms with Crippen LogP contribution in [0.25, 0.3) is 11.3 Å². The summed E-state index contributed by atoms with van der Waals surface area (Å²) in [6.45, 7) is 0.959. The normalized spacial score (nSPS) is 17.9. The summed E-state index contributed by atoms with van der Waals surface area (Å²) >= 11 is 12.4. The molecule has 2 aromatic carbocycles. The van der Waals surface area contributed by atoms with Gasteiger partial charge in [-0.3, -0.25) is 4.79 Å². The van der Waals surface area contributed by atoms with Gasteiger partial charge in [-0.2, -0.15) is 0 Å². The number of aryl methyl sites for hydroxylation is 1. The fourth-order valence-corrected chi connectivity index (χ4v) is 4.51. The molecular weight excluding hydrogens is 367 g/mol. The lowest BCUT2D eigenvalue weighted by Gasteiger charge is -2.14. The summed E-state index contributed by atoms with van der Waals surface area (Å²) < 4.78 is 2.32. The molecule has 2 aliphatic rings. The second-order valence-corrected chi connectivity index (χ2v) is 7.65. The first-order valence-electron chi connectivity index (χ1n) is 8.71. The second kappa shape index (κ2) is 5.90. The summed E-state index contributed by atoms with van der Waals surface area (Å²) in [5.41, 5.74) is 6.32. The molecule has 1 N–H and O–H groups in total. The topological polar surface area (TPSA) is 34.0 Å². The van der Waals surface area contributed by atoms with Crippen molar-refractivity contribution in [2.45, 2.75) is 25.3 Å². The Kier molecular flexibility index (Phi) is 3.63. The molecule has 0 bridgehead atoms. The van der Waals surface area contributed by atoms with Crippen LogP contribution in [-0.4, -0.2) is 10.5 Å². The Balaban J connectivity index is 1.74. The van der Waals surface area contributed by atoms with Crippen molar-refractivity contribution in [2.24, 2.45) is 0 Å². The van der Waals surface area contributed by atoms with Crippen LogP contribution in [0.5, 0.6) is 0 Å². The highest BCUT2D eigenvalue weighted by atomic mass is 35.5. The summed E-state index contributed by atoms with van der Waals surface area (Å²) in [6.07, 6.45) is 2.15. The lowest BCUT2D eigenvalue weighted by molar-refractivity contribution is -0.116. The Hall–Kier alpha value is -2.23. The number of anilines is 1. The second-order valence-electron chi connectivity index (χ2n) is 6.83. The fourth-order valence-electron chi connectivity index (χ4n) is 4.21. The molecule has 3 aromatic rings. The minimum Gasteiger partial charge on any atom is -0.344 e. The number of nitrogens with zero attached hydrogens (tertiary/aromatic N) is 1. The quantitative estimate of drug-likeness (QED) is 0.624. The number of carbonyl (C=O) groups excluding carboxylic acids is 1. The van der Waals surface area contributed by atoms with E-state index in [4.69, 9.17) is 23.2 Å². The van der Waals surface area contributed by atoms with Gasteiger partial charge in [-0.1, -0.05) is 47.5 Å². The lowest BCUT2D eigenvalue weighted by atomic mass is 9.90. The zero-order chi connectivity index (χ0) is 17.8. The zero-order valence-corrected chi connectivity index (χ0v) is 15.4. The van der Waals surface area contributed by atoms with Crippen molar-refractivity contribution in [3.8, 4) is 11.3 Å². The molecule has 0 radical (unpaired) electrons. The van der Waals surface area contributed by atoms with Crippen LogP contribution in [0.2, 0.25) is 10.0 Å². The molecule has 5 heteroatoms. The standard InChI is InChI=1S/C21H16Cl2N2O/c22-16-8-7-12(10-17(16)23)20-15(11-13-4-3-9-25(13)20)19-14-5-1-2-6-18(14)24-21(19)26/h1-2,5-8,10-11,19H,3-4,9H2,(H,24,26). The predicted octanol–water partition coefficient (Wildman–Crippen LogP) is 5.49. The zero-order valence-electron chi connectivity index (χ0n) is 13.9. The van der Waals surface area contributed by atoms with E-state index in [-0.39, 0.29) is 11.8 Å². The largest absolute Gasteiger partial charge is 0.344 e. The van der Waals surface area contributed by atoms with Gasteiger partial charge in [-0.25, -0.2) is 0 Å². The summed E-state index contributed by atoms with van der Waals surface area (Å²) in [4.78, 5) is 12.8. The van der Waals surface area contributed by atoms with Crippen LogP contribution >= 0.6 is 23.2 Å². The Bertz CT molecular complexity index is 1050. The Morgan fingerprint density at radius 3 is 2.69 bits per heavy atom. The first-order chi connectivity index (χ1) is 12.6. The molecule has 26 heavy (non-hydrogen) atoms. The van der Waals surface area contributed by atoms with E-state index in [1.165, 1.54) is 5.69 Å². The van der Waals surface area contributed by atoms with Gasteiger partial charge in [-0.05, 0) is 48.2 Å². The van der Waals surface area contributed by atoms with Crippen LogP contribution in [0.4, 0.5) is 5.69 Å². The number of rotatable bonds is 2. The van der Waals surface area contributed by atoms with Gasteiger partial charge in [-0.15, -0.1) is 0 Å². The van der Waals surface area contributed by atoms with Crippen molar-refractivity contribution in [3.63, 3.8) is 0 Å². The highest BCUT2D eigenvalue weighted by molar-refractivity contribution is 6.42. The van der Waals surface area contributed by atoms with Gasteiger partial charge in [0.15, 0.2) is 0 Å². The van der Waals surface area contributed by atoms with E-state index < -0.39 is 0 Å². The van der Waals surface area contributed by atoms with Crippen molar-refractivity contribution in [1.82, 2.24) is 4.57 Å². The maximum Gasteiger partial charge on any atom is 0.236 e. The van der Waals surface area contributed by atoms with Crippen LogP contribution < -0.4 is 5.32 Å². The molecule has 1 amide bonds. The summed E-state index contributed by atoms with van der Waals surface area (Å²) in [5, 5.41) is 4.08. The van der Waals surface area contributed by atoms with E-state index in [2.05, 4.69) is 16.0 Å². The number of amides is 1. The van der Waals surface area contributed by atoms with Gasteiger partial charge in [0.2, 0.25) is 5.91 Å². The van der Waals surface area contributed by atoms with E-state index in [9.17, 15) is 4.79 Å². The van der Waals surface area contributed by atoms with Gasteiger partial charge in [0.05, 0.1) is 21.7 Å². The average Bonchev–Trinajstić information content (AvgIpc) is 3.28. The molecule has 2 aliphatic heterocycles. The van der Waals surface area contributed by atoms with Gasteiger partial charge < -0.3 is 9.88 Å². The number of nitrogens with one attached hydrogen (secondary N) is 1. The van der Waals surface area contributed by atoms with Crippen molar-refractivity contribution in [1.29, 1.82) is 0 Å². The predicted molar refractivity (Wildman–Crippen MR) is 105 cm³/mol. The van der Waals surface area contributed by atoms with Crippen LogP contribution in [0.3, 0.4) is 0 Å². The van der Waals surface area contributed by atoms with E-state index in [0.29, 0.717) is 10.0 Å². The van der Waals surface area contributed by atoms with Crippen LogP contribution in [0.1, 0.15) is 29.2 Å². The Morgan fingerprint density at radius 2 is 1.85 bits per heavy atom. The number of para-hydroxylation sites is 1. The molecule has 5 rings (SSSR count). The Morgan fingerprint density at radius 1 is 1.00 bits per heavy atom. The van der Waals surface area contributed by atoms with E-state index in [0.717, 1.165) is 47.5 Å². The van der Waals surface area contributed by atoms with Crippen LogP contribution in [0, 0.1) is 0 Å². The third-order valence-electron chi connectivity index (χ3n) is 5.32. The number of hydrogen-bond acceptors (Lipinski definition) is 1. The van der Waals surface area contributed by atoms with Crippen LogP contribution in [0.15, 0.2) is 48.5 Å². The molecule has 3 nitrogen and oxygen atoms in total. The third kappa shape index (κ3) is 2.31. The van der Waals surface area contributed by atoms with Gasteiger partial charge in [0.1, 0.15) is 0 Å². The summed E-state index contributed by atoms with van der Waals surface area (Å²) in [7, 11) is 0. The molecule has 3 heterocycles. The van der Waals surface area contributed by atoms with Gasteiger partial charge >= 0.3 is 0 Å². The highest BCUT2D eigenvalue weighted by Crippen LogP contribution is 2.44. The fraction of sp³-hybridized carbons (Fsp3) is 0.190. The molecule has 1 unspecified atom stereocenters. The molecule has 0 fully saturated rings. The van der Waals surface area contributed by atoms with E-state index in [1.807, 2.05) is 42.5 Å². The first-order valence-corrected chi connectivity index (χ1v) is 9.46. The van der Waals surface area contributed by atoms with Crippen LogP contribution in [-0.2, 0) is 17.8 Å². The maximum atomic E-state index is 12.8. The molecule has 1 atom stereocenters. The van der Waals surface area contributed by atoms with Crippen molar-refractivity contribution < 1.29 is 4.79 Å². The summed E-state index contributed by atoms with van der Waals surface area (Å²) in [5.74, 6) is -0.273. The van der Waals surface area contributed by atoms with Crippen molar-refractivity contribution in [3.05, 3.63) is 75.4 Å². The lowest BCUT2D eigenvalue weighted by Crippen LogP contribution is -2.14. The Labute approximate surface area is 161 Å². The molecular formula is C21H16Cl2N2O. The van der Waals surface area contributed by atoms with Gasteiger partial charge in [0, 0.05) is 23.5 Å². The summed E-state index contributed by atoms with van der Waals surface area (Å²) in [6, 6.07) is 15.8. The molecule has 130 valence electrons. The SMILES string of the molecule is O=C1Nc2ccccc2C1c1cc2n(c1-c1ccc(Cl)c(Cl)c1)CCC2. The minimum atomic E-state index is -0.297. The molecule has 0 spiro atoms. The molecule has 0 saturated carbocycles. The van der Waals surface area contributed by atoms with E-state index in [1.54, 1.807) is 0 Å². The number of fused-ring (bicyclic) bond motifs is 2. The number of halogens is 2. The van der Waals surface area contributed by atoms with Crippen molar-refractivity contribution in [2.75, 3.05) is 5.32 Å². The van der Waals surface area contributed by atoms with Gasteiger partial charge in [0.25, 0.3) is 0 Å². The molecule has 0 aliphatic carbocycles. The highest BCUT2D eigenvalue weighted by Gasteiger charge is 2.36. The molecule has 1 aromatic heterocycles. The molecule has 0 saturated heterocycles. The monoisotopic (exact) mass is 382 g/mol. The van der Waals surface area contributed by atoms with E-state index >= 15 is 0 Å². The third-order valence-corrected chi connectivity index (χ3v) is 6.06. The maximum absolute atomic E-state index is 12.8. The first kappa shape index (κ1) is 16.0. The van der Waals surface area contributed by atoms with Crippen molar-refractivity contribution >= 4 is 34.8 Å². The average molecular weight is 383 g/mol. The number of aromatic nitrogens is 1. The minimum absolute atomic E-state index is 0.0248. The smallest absolute Gasteiger partial charge is 0.236 e.